The number of hydrogen-bond acceptors (Lipinski definition) is 5. The third-order valence-corrected chi connectivity index (χ3v) is 5.75. The summed E-state index contributed by atoms with van der Waals surface area (Å²) in [5.74, 6) is -0.383. The number of rotatable bonds is 4. The van der Waals surface area contributed by atoms with E-state index in [-0.39, 0.29) is 11.6 Å². The lowest BCUT2D eigenvalue weighted by Crippen LogP contribution is -2.30. The Hall–Kier alpha value is -2.78. The zero-order chi connectivity index (χ0) is 20.4. The van der Waals surface area contributed by atoms with Crippen LogP contribution in [0.15, 0.2) is 48.4 Å². The second-order valence-electron chi connectivity index (χ2n) is 6.79. The zero-order valence-corrected chi connectivity index (χ0v) is 16.1. The van der Waals surface area contributed by atoms with Gasteiger partial charge in [0.15, 0.2) is 0 Å². The molecule has 4 rings (SSSR count). The van der Waals surface area contributed by atoms with Gasteiger partial charge in [-0.2, -0.15) is 13.2 Å². The molecular formula is C20H17F3N4OS. The molecule has 0 aliphatic carbocycles. The Labute approximate surface area is 169 Å². The van der Waals surface area contributed by atoms with Crippen LogP contribution in [-0.4, -0.2) is 27.3 Å². The van der Waals surface area contributed by atoms with E-state index in [9.17, 15) is 18.0 Å². The van der Waals surface area contributed by atoms with Gasteiger partial charge in [0, 0.05) is 53.5 Å². The van der Waals surface area contributed by atoms with Gasteiger partial charge in [-0.25, -0.2) is 9.97 Å². The highest BCUT2D eigenvalue weighted by atomic mass is 32.1. The largest absolute Gasteiger partial charge is 0.416 e. The molecule has 5 nitrogen and oxygen atoms in total. The lowest BCUT2D eigenvalue weighted by atomic mass is 10.0. The number of anilines is 1. The minimum Gasteiger partial charge on any atom is -0.322 e. The number of carbonyl (C=O) groups is 1. The summed E-state index contributed by atoms with van der Waals surface area (Å²) in [5, 5.41) is 4.38. The van der Waals surface area contributed by atoms with Gasteiger partial charge < -0.3 is 5.32 Å². The molecule has 0 saturated carbocycles. The Morgan fingerprint density at radius 2 is 2.03 bits per heavy atom. The number of nitrogens with one attached hydrogen (secondary N) is 1. The van der Waals surface area contributed by atoms with E-state index < -0.39 is 11.7 Å². The van der Waals surface area contributed by atoms with Crippen LogP contribution in [0.5, 0.6) is 0 Å². The van der Waals surface area contributed by atoms with Crippen molar-refractivity contribution in [1.29, 1.82) is 0 Å². The van der Waals surface area contributed by atoms with Crippen LogP contribution in [0.1, 0.15) is 31.9 Å². The number of aromatic nitrogens is 2. The molecule has 3 heterocycles. The Morgan fingerprint density at radius 1 is 1.24 bits per heavy atom. The standard InChI is InChI=1S/C20H17F3N4OS/c21-20(22,23)14-2-1-3-15(6-14)26-19(28)17-11-29-18-10-27(5-4-16(17)18)9-13-7-24-12-25-8-13/h1-3,6-8,11-12H,4-5,9-10H2,(H,26,28). The molecule has 9 heteroatoms. The maximum atomic E-state index is 12.9. The van der Waals surface area contributed by atoms with Crippen LogP contribution >= 0.6 is 11.3 Å². The Morgan fingerprint density at radius 3 is 2.79 bits per heavy atom. The van der Waals surface area contributed by atoms with Crippen molar-refractivity contribution in [2.75, 3.05) is 11.9 Å². The van der Waals surface area contributed by atoms with Crippen molar-refractivity contribution in [3.63, 3.8) is 0 Å². The van der Waals surface area contributed by atoms with Crippen LogP contribution in [0.3, 0.4) is 0 Å². The molecule has 1 amide bonds. The number of amides is 1. The molecule has 0 bridgehead atoms. The predicted octanol–water partition coefficient (Wildman–Crippen LogP) is 4.37. The van der Waals surface area contributed by atoms with Crippen molar-refractivity contribution in [2.24, 2.45) is 0 Å². The highest BCUT2D eigenvalue weighted by molar-refractivity contribution is 7.10. The number of alkyl halides is 3. The molecular weight excluding hydrogens is 401 g/mol. The topological polar surface area (TPSA) is 58.1 Å². The Bertz CT molecular complexity index is 1020. The predicted molar refractivity (Wildman–Crippen MR) is 104 cm³/mol. The molecule has 29 heavy (non-hydrogen) atoms. The first-order valence-electron chi connectivity index (χ1n) is 8.94. The lowest BCUT2D eigenvalue weighted by molar-refractivity contribution is -0.137. The summed E-state index contributed by atoms with van der Waals surface area (Å²) in [4.78, 5) is 24.1. The minimum atomic E-state index is -4.45. The van der Waals surface area contributed by atoms with E-state index in [0.717, 1.165) is 41.2 Å². The van der Waals surface area contributed by atoms with E-state index in [1.807, 2.05) is 0 Å². The van der Waals surface area contributed by atoms with Gasteiger partial charge in [0.05, 0.1) is 11.1 Å². The number of hydrogen-bond donors (Lipinski definition) is 1. The smallest absolute Gasteiger partial charge is 0.322 e. The van der Waals surface area contributed by atoms with Gasteiger partial charge >= 0.3 is 6.18 Å². The number of nitrogens with zero attached hydrogens (tertiary/aromatic N) is 3. The summed E-state index contributed by atoms with van der Waals surface area (Å²) < 4.78 is 38.6. The summed E-state index contributed by atoms with van der Waals surface area (Å²) in [6, 6.07) is 4.66. The first-order valence-corrected chi connectivity index (χ1v) is 9.82. The van der Waals surface area contributed by atoms with Gasteiger partial charge in [-0.05, 0) is 30.2 Å². The van der Waals surface area contributed by atoms with Crippen molar-refractivity contribution in [1.82, 2.24) is 14.9 Å². The van der Waals surface area contributed by atoms with E-state index in [0.29, 0.717) is 18.5 Å². The first-order chi connectivity index (χ1) is 13.9. The van der Waals surface area contributed by atoms with Crippen molar-refractivity contribution in [2.45, 2.75) is 25.7 Å². The van der Waals surface area contributed by atoms with Crippen LogP contribution in [0.2, 0.25) is 0 Å². The fourth-order valence-corrected chi connectivity index (χ4v) is 4.47. The van der Waals surface area contributed by atoms with E-state index in [2.05, 4.69) is 20.2 Å². The number of carbonyl (C=O) groups excluding carboxylic acids is 1. The van der Waals surface area contributed by atoms with E-state index >= 15 is 0 Å². The molecule has 3 aromatic rings. The molecule has 0 unspecified atom stereocenters. The van der Waals surface area contributed by atoms with Crippen molar-refractivity contribution < 1.29 is 18.0 Å². The van der Waals surface area contributed by atoms with Gasteiger partial charge in [0.25, 0.3) is 5.91 Å². The molecule has 0 fully saturated rings. The van der Waals surface area contributed by atoms with Crippen LogP contribution in [-0.2, 0) is 25.7 Å². The molecule has 1 aromatic carbocycles. The van der Waals surface area contributed by atoms with Crippen LogP contribution in [0.25, 0.3) is 0 Å². The molecule has 1 N–H and O–H groups in total. The SMILES string of the molecule is O=C(Nc1cccc(C(F)(F)F)c1)c1csc2c1CCN(Cc1cncnc1)C2. The molecule has 2 aromatic heterocycles. The van der Waals surface area contributed by atoms with Crippen LogP contribution in [0.4, 0.5) is 18.9 Å². The number of halogens is 3. The highest BCUT2D eigenvalue weighted by Gasteiger charge is 2.30. The van der Waals surface area contributed by atoms with Gasteiger partial charge in [-0.3, -0.25) is 9.69 Å². The molecule has 0 saturated heterocycles. The fourth-order valence-electron chi connectivity index (χ4n) is 3.35. The summed E-state index contributed by atoms with van der Waals surface area (Å²) in [5.41, 5.74) is 1.87. The minimum absolute atomic E-state index is 0.131. The van der Waals surface area contributed by atoms with Crippen molar-refractivity contribution in [3.05, 3.63) is 75.5 Å². The normalized spacial score (nSPS) is 14.4. The maximum Gasteiger partial charge on any atom is 0.416 e. The van der Waals surface area contributed by atoms with Crippen LogP contribution in [0, 0.1) is 0 Å². The average Bonchev–Trinajstić information content (AvgIpc) is 3.12. The van der Waals surface area contributed by atoms with Gasteiger partial charge in [0.1, 0.15) is 6.33 Å². The fraction of sp³-hybridized carbons (Fsp3) is 0.250. The first kappa shape index (κ1) is 19.5. The average molecular weight is 418 g/mol. The molecule has 1 aliphatic heterocycles. The highest BCUT2D eigenvalue weighted by Crippen LogP contribution is 2.32. The molecule has 0 spiro atoms. The van der Waals surface area contributed by atoms with Gasteiger partial charge in [-0.1, -0.05) is 6.07 Å². The lowest BCUT2D eigenvalue weighted by Gasteiger charge is -2.27. The monoisotopic (exact) mass is 418 g/mol. The third kappa shape index (κ3) is 4.46. The van der Waals surface area contributed by atoms with E-state index in [4.69, 9.17) is 0 Å². The quantitative estimate of drug-likeness (QED) is 0.684. The van der Waals surface area contributed by atoms with Crippen molar-refractivity contribution in [3.8, 4) is 0 Å². The van der Waals surface area contributed by atoms with E-state index in [1.165, 1.54) is 29.8 Å². The second-order valence-corrected chi connectivity index (χ2v) is 7.76. The summed E-state index contributed by atoms with van der Waals surface area (Å²) >= 11 is 1.50. The van der Waals surface area contributed by atoms with Gasteiger partial charge in [0.2, 0.25) is 0 Å². The van der Waals surface area contributed by atoms with Crippen LogP contribution < -0.4 is 5.32 Å². The van der Waals surface area contributed by atoms with Gasteiger partial charge in [-0.15, -0.1) is 11.3 Å². The summed E-state index contributed by atoms with van der Waals surface area (Å²) in [6.45, 7) is 2.22. The molecule has 0 atom stereocenters. The second kappa shape index (κ2) is 7.92. The summed E-state index contributed by atoms with van der Waals surface area (Å²) in [6.07, 6.45) is 1.32. The molecule has 150 valence electrons. The molecule has 1 aliphatic rings. The summed E-state index contributed by atoms with van der Waals surface area (Å²) in [7, 11) is 0. The van der Waals surface area contributed by atoms with E-state index in [1.54, 1.807) is 17.8 Å². The molecule has 0 radical (unpaired) electrons. The number of benzene rings is 1. The number of fused-ring (bicyclic) bond motifs is 1. The number of thiophene rings is 1. The zero-order valence-electron chi connectivity index (χ0n) is 15.2. The van der Waals surface area contributed by atoms with Crippen molar-refractivity contribution >= 4 is 22.9 Å². The third-order valence-electron chi connectivity index (χ3n) is 4.74. The maximum absolute atomic E-state index is 12.9. The Balaban J connectivity index is 1.46. The Kier molecular flexibility index (Phi) is 5.33.